The highest BCUT2D eigenvalue weighted by molar-refractivity contribution is 5.96. The molecule has 2 heterocycles. The number of amides is 2. The zero-order chi connectivity index (χ0) is 20.1. The van der Waals surface area contributed by atoms with Crippen molar-refractivity contribution in [1.82, 2.24) is 4.90 Å². The van der Waals surface area contributed by atoms with Crippen molar-refractivity contribution in [2.24, 2.45) is 16.1 Å². The zero-order valence-electron chi connectivity index (χ0n) is 16.7. The van der Waals surface area contributed by atoms with Gasteiger partial charge in [-0.25, -0.2) is 0 Å². The Morgan fingerprint density at radius 2 is 2.14 bits per heavy atom. The van der Waals surface area contributed by atoms with E-state index in [1.165, 1.54) is 6.42 Å². The Hall–Kier alpha value is -2.68. The Kier molecular flexibility index (Phi) is 6.13. The molecule has 1 saturated heterocycles. The second-order valence-electron chi connectivity index (χ2n) is 7.96. The molecular weight excluding hydrogens is 352 g/mol. The van der Waals surface area contributed by atoms with Crippen molar-refractivity contribution in [2.75, 3.05) is 18.4 Å². The number of benzene rings is 1. The van der Waals surface area contributed by atoms with Gasteiger partial charge in [-0.05, 0) is 49.4 Å². The van der Waals surface area contributed by atoms with E-state index in [0.717, 1.165) is 30.8 Å². The number of likely N-dealkylation sites (tertiary alicyclic amines) is 1. The van der Waals surface area contributed by atoms with Gasteiger partial charge in [0.2, 0.25) is 5.91 Å². The number of carbonyl (C=O) groups is 2. The van der Waals surface area contributed by atoms with E-state index in [0.29, 0.717) is 37.2 Å². The average Bonchev–Trinajstić information content (AvgIpc) is 3.46. The van der Waals surface area contributed by atoms with Crippen LogP contribution in [0.15, 0.2) is 28.4 Å². The van der Waals surface area contributed by atoms with Crippen LogP contribution in [-0.2, 0) is 4.79 Å². The lowest BCUT2D eigenvalue weighted by Gasteiger charge is -2.31. The molecule has 148 valence electrons. The van der Waals surface area contributed by atoms with Gasteiger partial charge in [0.15, 0.2) is 5.66 Å². The third-order valence-corrected chi connectivity index (χ3v) is 5.50. The summed E-state index contributed by atoms with van der Waals surface area (Å²) in [5, 5.41) is 11.0. The first kappa shape index (κ1) is 20.1. The molecule has 6 heteroatoms. The van der Waals surface area contributed by atoms with E-state index in [4.69, 9.17) is 6.42 Å². The molecule has 1 N–H and O–H groups in total. The van der Waals surface area contributed by atoms with Crippen LogP contribution in [0.1, 0.15) is 61.4 Å². The lowest BCUT2D eigenvalue weighted by atomic mass is 9.99. The second kappa shape index (κ2) is 8.55. The van der Waals surface area contributed by atoms with Crippen molar-refractivity contribution in [3.05, 3.63) is 29.3 Å². The number of nitrogens with one attached hydrogen (secondary N) is 1. The van der Waals surface area contributed by atoms with E-state index < -0.39 is 5.66 Å². The van der Waals surface area contributed by atoms with Crippen LogP contribution in [0.2, 0.25) is 0 Å². The number of anilines is 1. The predicted octanol–water partition coefficient (Wildman–Crippen LogP) is 4.16. The van der Waals surface area contributed by atoms with Crippen molar-refractivity contribution >= 4 is 17.5 Å². The fourth-order valence-electron chi connectivity index (χ4n) is 3.69. The molecule has 2 amide bonds. The van der Waals surface area contributed by atoms with Crippen LogP contribution in [0.3, 0.4) is 0 Å². The van der Waals surface area contributed by atoms with Crippen molar-refractivity contribution in [2.45, 2.75) is 58.0 Å². The summed E-state index contributed by atoms with van der Waals surface area (Å²) in [5.41, 5.74) is 1.84. The maximum atomic E-state index is 12.7. The summed E-state index contributed by atoms with van der Waals surface area (Å²) >= 11 is 0. The first-order valence-corrected chi connectivity index (χ1v) is 10.00. The van der Waals surface area contributed by atoms with Crippen LogP contribution in [0, 0.1) is 25.2 Å². The Morgan fingerprint density at radius 3 is 2.79 bits per heavy atom. The molecule has 6 nitrogen and oxygen atoms in total. The summed E-state index contributed by atoms with van der Waals surface area (Å²) in [7, 11) is 0. The van der Waals surface area contributed by atoms with Gasteiger partial charge >= 0.3 is 0 Å². The van der Waals surface area contributed by atoms with E-state index >= 15 is 0 Å². The van der Waals surface area contributed by atoms with Gasteiger partial charge in [-0.1, -0.05) is 6.92 Å². The van der Waals surface area contributed by atoms with Gasteiger partial charge < -0.3 is 10.2 Å². The average molecular weight is 380 g/mol. The summed E-state index contributed by atoms with van der Waals surface area (Å²) in [6.07, 6.45) is 9.74. The van der Waals surface area contributed by atoms with E-state index in [-0.39, 0.29) is 11.8 Å². The molecule has 2 aliphatic rings. The highest BCUT2D eigenvalue weighted by Gasteiger charge is 2.39. The first-order valence-electron chi connectivity index (χ1n) is 10.00. The van der Waals surface area contributed by atoms with Gasteiger partial charge in [0.05, 0.1) is 0 Å². The van der Waals surface area contributed by atoms with Crippen molar-refractivity contribution < 1.29 is 9.59 Å². The predicted molar refractivity (Wildman–Crippen MR) is 109 cm³/mol. The summed E-state index contributed by atoms with van der Waals surface area (Å²) in [6.45, 7) is 5.72. The largest absolute Gasteiger partial charge is 0.338 e. The number of piperidine rings is 1. The molecule has 1 aromatic carbocycles. The second-order valence-corrected chi connectivity index (χ2v) is 7.96. The molecule has 1 unspecified atom stereocenters. The van der Waals surface area contributed by atoms with Crippen LogP contribution in [0.5, 0.6) is 0 Å². The number of carbonyl (C=O) groups excluding carboxylic acids is 2. The van der Waals surface area contributed by atoms with E-state index in [1.807, 2.05) is 24.0 Å². The number of hydrogen-bond donors (Lipinski definition) is 1. The molecule has 1 atom stereocenters. The van der Waals surface area contributed by atoms with Gasteiger partial charge in [0, 0.05) is 50.0 Å². The quantitative estimate of drug-likeness (QED) is 0.721. The Bertz CT molecular complexity index is 818. The monoisotopic (exact) mass is 380 g/mol. The molecule has 3 rings (SSSR count). The minimum absolute atomic E-state index is 0.0694. The SMILES string of the molecule is C#CCCC1(CCC(=O)Nc2ccc(C(=O)N3CCCC(C)C3)cc2C)N=N1. The Labute approximate surface area is 166 Å². The van der Waals surface area contributed by atoms with E-state index in [1.54, 1.807) is 6.07 Å². The molecule has 0 spiro atoms. The van der Waals surface area contributed by atoms with E-state index in [2.05, 4.69) is 28.4 Å². The summed E-state index contributed by atoms with van der Waals surface area (Å²) in [6, 6.07) is 5.47. The van der Waals surface area contributed by atoms with Crippen LogP contribution in [-0.4, -0.2) is 35.5 Å². The molecule has 0 aliphatic carbocycles. The zero-order valence-corrected chi connectivity index (χ0v) is 16.7. The molecular formula is C22H28N4O2. The Balaban J connectivity index is 1.54. The topological polar surface area (TPSA) is 74.1 Å². The van der Waals surface area contributed by atoms with Crippen LogP contribution >= 0.6 is 0 Å². The minimum atomic E-state index is -0.444. The molecule has 0 bridgehead atoms. The van der Waals surface area contributed by atoms with Crippen molar-refractivity contribution in [1.29, 1.82) is 0 Å². The highest BCUT2D eigenvalue weighted by Crippen LogP contribution is 2.37. The summed E-state index contributed by atoms with van der Waals surface area (Å²) < 4.78 is 0. The summed E-state index contributed by atoms with van der Waals surface area (Å²) in [5.74, 6) is 3.13. The first-order chi connectivity index (χ1) is 13.4. The number of hydrogen-bond acceptors (Lipinski definition) is 4. The molecule has 0 radical (unpaired) electrons. The fourth-order valence-corrected chi connectivity index (χ4v) is 3.69. The number of nitrogens with zero attached hydrogens (tertiary/aromatic N) is 3. The lowest BCUT2D eigenvalue weighted by molar-refractivity contribution is -0.116. The third-order valence-electron chi connectivity index (χ3n) is 5.50. The van der Waals surface area contributed by atoms with Gasteiger partial charge in [0.1, 0.15) is 0 Å². The minimum Gasteiger partial charge on any atom is -0.338 e. The van der Waals surface area contributed by atoms with Crippen LogP contribution < -0.4 is 5.32 Å². The van der Waals surface area contributed by atoms with Crippen molar-refractivity contribution in [3.63, 3.8) is 0 Å². The maximum Gasteiger partial charge on any atom is 0.253 e. The molecule has 0 aromatic heterocycles. The molecule has 1 fully saturated rings. The lowest BCUT2D eigenvalue weighted by Crippen LogP contribution is -2.39. The molecule has 28 heavy (non-hydrogen) atoms. The number of terminal acetylenes is 1. The molecule has 0 saturated carbocycles. The highest BCUT2D eigenvalue weighted by atomic mass is 16.2. The van der Waals surface area contributed by atoms with Crippen molar-refractivity contribution in [3.8, 4) is 12.3 Å². The Morgan fingerprint density at radius 1 is 1.36 bits per heavy atom. The molecule has 2 aliphatic heterocycles. The van der Waals surface area contributed by atoms with Crippen LogP contribution in [0.4, 0.5) is 5.69 Å². The van der Waals surface area contributed by atoms with Gasteiger partial charge in [-0.15, -0.1) is 12.3 Å². The maximum absolute atomic E-state index is 12.7. The molecule has 1 aromatic rings. The fraction of sp³-hybridized carbons (Fsp3) is 0.545. The number of rotatable bonds is 7. The van der Waals surface area contributed by atoms with Gasteiger partial charge in [0.25, 0.3) is 5.91 Å². The van der Waals surface area contributed by atoms with E-state index in [9.17, 15) is 9.59 Å². The third kappa shape index (κ3) is 4.98. The summed E-state index contributed by atoms with van der Waals surface area (Å²) in [4.78, 5) is 27.0. The van der Waals surface area contributed by atoms with Crippen LogP contribution in [0.25, 0.3) is 0 Å². The standard InChI is InChI=1S/C22H28N4O2/c1-4-5-11-22(24-25-22)12-10-20(27)23-19-9-8-18(14-17(19)3)21(28)26-13-6-7-16(2)15-26/h1,8-9,14,16H,5-7,10-13,15H2,2-3H3,(H,23,27). The smallest absolute Gasteiger partial charge is 0.253 e. The van der Waals surface area contributed by atoms with Gasteiger partial charge in [-0.2, -0.15) is 10.2 Å². The normalized spacial score (nSPS) is 19.8. The number of aryl methyl sites for hydroxylation is 1. The van der Waals surface area contributed by atoms with Gasteiger partial charge in [-0.3, -0.25) is 9.59 Å².